The number of aromatic nitrogens is 1. The molecule has 0 aromatic carbocycles. The van der Waals surface area contributed by atoms with E-state index < -0.39 is 12.0 Å². The van der Waals surface area contributed by atoms with Gasteiger partial charge in [-0.25, -0.2) is 14.5 Å². The molecule has 1 aromatic heterocycles. The molecule has 0 radical (unpaired) electrons. The first-order chi connectivity index (χ1) is 18.5. The van der Waals surface area contributed by atoms with Crippen molar-refractivity contribution in [2.45, 2.75) is 104 Å². The highest BCUT2D eigenvalue weighted by atomic mass is 32.2. The third-order valence-electron chi connectivity index (χ3n) is 6.11. The van der Waals surface area contributed by atoms with Crippen LogP contribution in [0.2, 0.25) is 0 Å². The topological polar surface area (TPSA) is 97.8 Å². The number of carbonyl (C=O) groups excluding carboxylic acids is 3. The van der Waals surface area contributed by atoms with Crippen LogP contribution in [0.25, 0.3) is 0 Å². The predicted molar refractivity (Wildman–Crippen MR) is 154 cm³/mol. The van der Waals surface area contributed by atoms with Crippen LogP contribution < -0.4 is 5.32 Å². The van der Waals surface area contributed by atoms with Gasteiger partial charge < -0.3 is 14.8 Å². The second-order valence-corrected chi connectivity index (χ2v) is 10.7. The quantitative estimate of drug-likeness (QED) is 0.153. The number of amides is 3. The SMILES string of the molecule is CCCCCCCCCCCCCCCNC(=O)OCCSCCOC(=O)N(Cc1ccccn1)C(C)=O. The number of nitrogens with one attached hydrogen (secondary N) is 1. The fourth-order valence-corrected chi connectivity index (χ4v) is 4.51. The number of thioether (sulfide) groups is 1. The number of hydrogen-bond donors (Lipinski definition) is 1. The molecule has 216 valence electrons. The fourth-order valence-electron chi connectivity index (χ4n) is 3.90. The molecule has 0 aliphatic heterocycles. The average molecular weight is 552 g/mol. The second kappa shape index (κ2) is 23.8. The molecule has 8 nitrogen and oxygen atoms in total. The molecule has 0 aliphatic carbocycles. The second-order valence-electron chi connectivity index (χ2n) is 9.46. The van der Waals surface area contributed by atoms with Crippen LogP contribution in [0.5, 0.6) is 0 Å². The van der Waals surface area contributed by atoms with Crippen molar-refractivity contribution in [2.75, 3.05) is 31.3 Å². The van der Waals surface area contributed by atoms with E-state index in [1.807, 2.05) is 0 Å². The van der Waals surface area contributed by atoms with E-state index in [1.165, 1.54) is 89.3 Å². The maximum atomic E-state index is 12.2. The minimum Gasteiger partial charge on any atom is -0.449 e. The Morgan fingerprint density at radius 3 is 1.97 bits per heavy atom. The summed E-state index contributed by atoms with van der Waals surface area (Å²) >= 11 is 1.51. The predicted octanol–water partition coefficient (Wildman–Crippen LogP) is 7.12. The molecule has 0 aliphatic rings. The van der Waals surface area contributed by atoms with E-state index in [2.05, 4.69) is 17.2 Å². The van der Waals surface area contributed by atoms with Crippen LogP contribution in [0, 0.1) is 0 Å². The Morgan fingerprint density at radius 2 is 1.42 bits per heavy atom. The van der Waals surface area contributed by atoms with Gasteiger partial charge in [-0.3, -0.25) is 9.78 Å². The summed E-state index contributed by atoms with van der Waals surface area (Å²) in [5, 5.41) is 2.80. The smallest absolute Gasteiger partial charge is 0.416 e. The molecule has 1 rings (SSSR count). The number of carbonyl (C=O) groups is 3. The normalized spacial score (nSPS) is 10.7. The minimum atomic E-state index is -0.687. The molecule has 3 amide bonds. The summed E-state index contributed by atoms with van der Waals surface area (Å²) in [6, 6.07) is 5.31. The number of unbranched alkanes of at least 4 members (excludes halogenated alkanes) is 12. The van der Waals surface area contributed by atoms with Crippen molar-refractivity contribution >= 4 is 29.9 Å². The molecule has 0 bridgehead atoms. The van der Waals surface area contributed by atoms with Gasteiger partial charge in [0.25, 0.3) is 0 Å². The molecule has 0 saturated heterocycles. The Hall–Kier alpha value is -2.29. The highest BCUT2D eigenvalue weighted by Crippen LogP contribution is 2.12. The lowest BCUT2D eigenvalue weighted by Crippen LogP contribution is -2.35. The molecule has 0 unspecified atom stereocenters. The van der Waals surface area contributed by atoms with Crippen molar-refractivity contribution in [3.63, 3.8) is 0 Å². The van der Waals surface area contributed by atoms with Gasteiger partial charge in [-0.05, 0) is 18.6 Å². The number of nitrogens with zero attached hydrogens (tertiary/aromatic N) is 2. The Balaban J connectivity index is 1.90. The third-order valence-corrected chi connectivity index (χ3v) is 7.02. The molecule has 1 aromatic rings. The van der Waals surface area contributed by atoms with Crippen molar-refractivity contribution in [1.29, 1.82) is 0 Å². The number of pyridine rings is 1. The molecule has 0 fully saturated rings. The highest BCUT2D eigenvalue weighted by Gasteiger charge is 2.20. The van der Waals surface area contributed by atoms with E-state index in [1.54, 1.807) is 24.4 Å². The van der Waals surface area contributed by atoms with Gasteiger partial charge in [-0.1, -0.05) is 90.0 Å². The molecular weight excluding hydrogens is 502 g/mol. The highest BCUT2D eigenvalue weighted by molar-refractivity contribution is 7.99. The lowest BCUT2D eigenvalue weighted by Gasteiger charge is -2.18. The number of alkyl carbamates (subject to hydrolysis) is 1. The van der Waals surface area contributed by atoms with E-state index in [-0.39, 0.29) is 19.2 Å². The standard InChI is InChI=1S/C29H49N3O5S/c1-3-4-5-6-7-8-9-10-11-12-13-14-16-20-31-28(34)36-21-23-38-24-22-37-29(35)32(26(2)33)25-27-18-15-17-19-30-27/h15,17-19H,3-14,16,20-25H2,1-2H3,(H,31,34). The van der Waals surface area contributed by atoms with Crippen LogP contribution in [0.4, 0.5) is 9.59 Å². The Morgan fingerprint density at radius 1 is 0.842 bits per heavy atom. The first-order valence-corrected chi connectivity index (χ1v) is 15.5. The van der Waals surface area contributed by atoms with Gasteiger partial charge in [0.05, 0.1) is 12.2 Å². The van der Waals surface area contributed by atoms with E-state index in [4.69, 9.17) is 9.47 Å². The maximum absolute atomic E-state index is 12.2. The molecule has 9 heteroatoms. The molecule has 0 spiro atoms. The van der Waals surface area contributed by atoms with E-state index >= 15 is 0 Å². The zero-order valence-corrected chi connectivity index (χ0v) is 24.4. The Kier molecular flexibility index (Phi) is 21.1. The summed E-state index contributed by atoms with van der Waals surface area (Å²) in [6.07, 6.45) is 17.5. The van der Waals surface area contributed by atoms with Crippen molar-refractivity contribution < 1.29 is 23.9 Å². The first-order valence-electron chi connectivity index (χ1n) is 14.4. The van der Waals surface area contributed by atoms with E-state index in [0.29, 0.717) is 30.4 Å². The van der Waals surface area contributed by atoms with Gasteiger partial charge in [0.15, 0.2) is 0 Å². The minimum absolute atomic E-state index is 0.0738. The van der Waals surface area contributed by atoms with Crippen LogP contribution in [0.1, 0.15) is 103 Å². The van der Waals surface area contributed by atoms with Crippen molar-refractivity contribution in [3.05, 3.63) is 30.1 Å². The zero-order chi connectivity index (χ0) is 27.7. The van der Waals surface area contributed by atoms with E-state index in [9.17, 15) is 14.4 Å². The lowest BCUT2D eigenvalue weighted by atomic mass is 10.0. The molecule has 0 atom stereocenters. The fraction of sp³-hybridized carbons (Fsp3) is 0.724. The molecular formula is C29H49N3O5S. The largest absolute Gasteiger partial charge is 0.449 e. The van der Waals surface area contributed by atoms with Gasteiger partial charge in [-0.2, -0.15) is 11.8 Å². The molecule has 1 heterocycles. The number of hydrogen-bond acceptors (Lipinski definition) is 7. The lowest BCUT2D eigenvalue weighted by molar-refractivity contribution is -0.127. The Bertz CT molecular complexity index is 751. The van der Waals surface area contributed by atoms with Crippen LogP contribution in [-0.4, -0.2) is 59.2 Å². The van der Waals surface area contributed by atoms with Gasteiger partial charge >= 0.3 is 12.2 Å². The van der Waals surface area contributed by atoms with Gasteiger partial charge in [0.2, 0.25) is 5.91 Å². The van der Waals surface area contributed by atoms with Gasteiger partial charge in [-0.15, -0.1) is 0 Å². The number of rotatable bonds is 22. The van der Waals surface area contributed by atoms with Crippen molar-refractivity contribution in [2.24, 2.45) is 0 Å². The summed E-state index contributed by atoms with van der Waals surface area (Å²) < 4.78 is 10.4. The molecule has 1 N–H and O–H groups in total. The summed E-state index contributed by atoms with van der Waals surface area (Å²) in [5.41, 5.74) is 0.610. The van der Waals surface area contributed by atoms with Gasteiger partial charge in [0.1, 0.15) is 13.2 Å². The van der Waals surface area contributed by atoms with Crippen LogP contribution in [0.15, 0.2) is 24.4 Å². The summed E-state index contributed by atoms with van der Waals surface area (Å²) in [7, 11) is 0. The number of imide groups is 1. The number of ether oxygens (including phenoxy) is 2. The van der Waals surface area contributed by atoms with Crippen LogP contribution in [-0.2, 0) is 20.8 Å². The van der Waals surface area contributed by atoms with Gasteiger partial charge in [0, 0.05) is 31.2 Å². The summed E-state index contributed by atoms with van der Waals surface area (Å²) in [4.78, 5) is 40.9. The average Bonchev–Trinajstić information content (AvgIpc) is 2.91. The summed E-state index contributed by atoms with van der Waals surface area (Å²) in [6.45, 7) is 4.76. The zero-order valence-electron chi connectivity index (χ0n) is 23.6. The molecule has 0 saturated carbocycles. The van der Waals surface area contributed by atoms with Crippen LogP contribution >= 0.6 is 11.8 Å². The Labute approximate surface area is 234 Å². The first kappa shape index (κ1) is 33.7. The molecule has 38 heavy (non-hydrogen) atoms. The maximum Gasteiger partial charge on any atom is 0.416 e. The van der Waals surface area contributed by atoms with Crippen molar-refractivity contribution in [1.82, 2.24) is 15.2 Å². The van der Waals surface area contributed by atoms with Crippen LogP contribution in [0.3, 0.4) is 0 Å². The monoisotopic (exact) mass is 551 g/mol. The summed E-state index contributed by atoms with van der Waals surface area (Å²) in [5.74, 6) is 0.755. The van der Waals surface area contributed by atoms with E-state index in [0.717, 1.165) is 17.7 Å². The van der Waals surface area contributed by atoms with Crippen molar-refractivity contribution in [3.8, 4) is 0 Å². The third kappa shape index (κ3) is 18.9.